The van der Waals surface area contributed by atoms with E-state index in [2.05, 4.69) is 67.4 Å². The Labute approximate surface area is 216 Å². The number of carbonyl (C=O) groups is 1. The first-order valence-corrected chi connectivity index (χ1v) is 13.5. The summed E-state index contributed by atoms with van der Waals surface area (Å²) in [5.41, 5.74) is 7.00. The zero-order chi connectivity index (χ0) is 24.8. The summed E-state index contributed by atoms with van der Waals surface area (Å²) in [5.74, 6) is -0.116. The van der Waals surface area contributed by atoms with Crippen molar-refractivity contribution in [2.24, 2.45) is 0 Å². The van der Waals surface area contributed by atoms with Crippen molar-refractivity contribution >= 4 is 27.4 Å². The molecule has 35 heavy (non-hydrogen) atoms. The van der Waals surface area contributed by atoms with Crippen molar-refractivity contribution in [3.8, 4) is 11.1 Å². The normalized spacial score (nSPS) is 15.1. The van der Waals surface area contributed by atoms with Gasteiger partial charge in [-0.3, -0.25) is 14.7 Å². The Kier molecular flexibility index (Phi) is 8.92. The summed E-state index contributed by atoms with van der Waals surface area (Å²) in [7, 11) is 2.18. The minimum atomic E-state index is -0.116. The van der Waals surface area contributed by atoms with Crippen LogP contribution in [0.5, 0.6) is 0 Å². The Morgan fingerprint density at radius 1 is 1.11 bits per heavy atom. The van der Waals surface area contributed by atoms with Gasteiger partial charge in [0.1, 0.15) is 0 Å². The Bertz CT molecular complexity index is 1150. The van der Waals surface area contributed by atoms with Gasteiger partial charge in [0.15, 0.2) is 0 Å². The Balaban J connectivity index is 1.75. The first-order valence-electron chi connectivity index (χ1n) is 12.7. The number of hydrogen-bond acceptors (Lipinski definition) is 6. The van der Waals surface area contributed by atoms with E-state index in [-0.39, 0.29) is 5.97 Å². The maximum absolute atomic E-state index is 11.9. The predicted molar refractivity (Wildman–Crippen MR) is 142 cm³/mol. The monoisotopic (exact) mass is 541 g/mol. The number of carbonyl (C=O) groups excluding carboxylic acids is 1. The van der Waals surface area contributed by atoms with Crippen LogP contribution in [-0.4, -0.2) is 70.2 Å². The third kappa shape index (κ3) is 6.29. The number of aromatic nitrogens is 3. The summed E-state index contributed by atoms with van der Waals surface area (Å²) in [6.07, 6.45) is 7.71. The van der Waals surface area contributed by atoms with E-state index in [4.69, 9.17) is 9.84 Å². The van der Waals surface area contributed by atoms with Gasteiger partial charge in [-0.1, -0.05) is 6.92 Å². The molecule has 0 bridgehead atoms. The van der Waals surface area contributed by atoms with Crippen LogP contribution in [0.2, 0.25) is 0 Å². The standard InChI is InChI=1S/C27H36BrN5O2/c1-4-22-10-11-25-27(20-16-21(28)18-29-17-20)23(8-6-7-9-26(34)35-5-2)24(30-33(22)25)19-32-14-12-31(3)13-15-32/h10-11,16-18H,4-9,12-15,19H2,1-3H3. The van der Waals surface area contributed by atoms with E-state index in [1.165, 1.54) is 16.8 Å². The molecule has 0 radical (unpaired) electrons. The number of nitrogens with zero attached hydrogens (tertiary/aromatic N) is 5. The second kappa shape index (κ2) is 12.1. The lowest BCUT2D eigenvalue weighted by Crippen LogP contribution is -2.44. The summed E-state index contributed by atoms with van der Waals surface area (Å²) < 4.78 is 8.22. The van der Waals surface area contributed by atoms with Crippen molar-refractivity contribution in [1.29, 1.82) is 0 Å². The minimum absolute atomic E-state index is 0.116. The highest BCUT2D eigenvalue weighted by Gasteiger charge is 2.22. The van der Waals surface area contributed by atoms with Crippen molar-refractivity contribution in [3.05, 3.63) is 52.0 Å². The van der Waals surface area contributed by atoms with E-state index in [9.17, 15) is 4.79 Å². The Morgan fingerprint density at radius 2 is 1.91 bits per heavy atom. The molecule has 0 unspecified atom stereocenters. The molecule has 0 amide bonds. The van der Waals surface area contributed by atoms with Gasteiger partial charge in [0, 0.05) is 72.8 Å². The fraction of sp³-hybridized carbons (Fsp3) is 0.519. The number of piperazine rings is 1. The molecule has 0 saturated carbocycles. The number of fused-ring (bicyclic) bond motifs is 1. The predicted octanol–water partition coefficient (Wildman–Crippen LogP) is 4.74. The quantitative estimate of drug-likeness (QED) is 0.272. The fourth-order valence-corrected chi connectivity index (χ4v) is 5.18. The van der Waals surface area contributed by atoms with E-state index in [0.717, 1.165) is 79.7 Å². The highest BCUT2D eigenvalue weighted by atomic mass is 79.9. The third-order valence-corrected chi connectivity index (χ3v) is 7.18. The second-order valence-electron chi connectivity index (χ2n) is 9.26. The molecule has 4 heterocycles. The maximum atomic E-state index is 11.9. The molecular weight excluding hydrogens is 506 g/mol. The van der Waals surface area contributed by atoms with Crippen molar-refractivity contribution in [3.63, 3.8) is 0 Å². The van der Waals surface area contributed by atoms with Gasteiger partial charge in [0.25, 0.3) is 0 Å². The molecule has 8 heteroatoms. The minimum Gasteiger partial charge on any atom is -0.466 e. The third-order valence-electron chi connectivity index (χ3n) is 6.75. The van der Waals surface area contributed by atoms with Crippen LogP contribution in [0.3, 0.4) is 0 Å². The van der Waals surface area contributed by atoms with Crippen LogP contribution in [0, 0.1) is 0 Å². The topological polar surface area (TPSA) is 63.0 Å². The summed E-state index contributed by atoms with van der Waals surface area (Å²) >= 11 is 3.62. The molecule has 3 aromatic heterocycles. The number of likely N-dealkylation sites (N-methyl/N-ethyl adjacent to an activating group) is 1. The summed E-state index contributed by atoms with van der Waals surface area (Å²) in [6.45, 7) is 9.51. The molecule has 1 saturated heterocycles. The fourth-order valence-electron chi connectivity index (χ4n) is 4.82. The first kappa shape index (κ1) is 25.8. The van der Waals surface area contributed by atoms with Crippen LogP contribution in [0.15, 0.2) is 35.1 Å². The largest absolute Gasteiger partial charge is 0.466 e. The highest BCUT2D eigenvalue weighted by molar-refractivity contribution is 9.10. The SMILES string of the molecule is CCOC(=O)CCCCc1c(CN2CCN(C)CC2)nn2c(CC)ccc2c1-c1cncc(Br)c1. The van der Waals surface area contributed by atoms with Crippen LogP contribution in [0.25, 0.3) is 16.6 Å². The van der Waals surface area contributed by atoms with Gasteiger partial charge in [-0.05, 0) is 79.3 Å². The van der Waals surface area contributed by atoms with Crippen LogP contribution in [0.4, 0.5) is 0 Å². The molecule has 4 rings (SSSR count). The van der Waals surface area contributed by atoms with Gasteiger partial charge in [0.2, 0.25) is 0 Å². The second-order valence-corrected chi connectivity index (χ2v) is 10.2. The van der Waals surface area contributed by atoms with Gasteiger partial charge in [-0.2, -0.15) is 5.10 Å². The molecule has 0 N–H and O–H groups in total. The van der Waals surface area contributed by atoms with Crippen LogP contribution >= 0.6 is 15.9 Å². The number of pyridine rings is 1. The molecule has 1 fully saturated rings. The average Bonchev–Trinajstić information content (AvgIpc) is 3.25. The molecule has 188 valence electrons. The van der Waals surface area contributed by atoms with Gasteiger partial charge in [-0.15, -0.1) is 0 Å². The van der Waals surface area contributed by atoms with Crippen molar-refractivity contribution in [2.75, 3.05) is 39.8 Å². The van der Waals surface area contributed by atoms with Gasteiger partial charge in [-0.25, -0.2) is 4.52 Å². The van der Waals surface area contributed by atoms with E-state index in [1.807, 2.05) is 19.3 Å². The zero-order valence-corrected chi connectivity index (χ0v) is 22.7. The number of aryl methyl sites for hydroxylation is 1. The zero-order valence-electron chi connectivity index (χ0n) is 21.1. The number of hydrogen-bond donors (Lipinski definition) is 0. The molecule has 3 aromatic rings. The molecular formula is C27H36BrN5O2. The summed E-state index contributed by atoms with van der Waals surface area (Å²) in [6, 6.07) is 6.51. The van der Waals surface area contributed by atoms with Crippen LogP contribution in [-0.2, 0) is 28.9 Å². The van der Waals surface area contributed by atoms with Crippen LogP contribution in [0.1, 0.15) is 50.1 Å². The Morgan fingerprint density at radius 3 is 2.63 bits per heavy atom. The molecule has 0 atom stereocenters. The van der Waals surface area contributed by atoms with Gasteiger partial charge < -0.3 is 9.64 Å². The lowest BCUT2D eigenvalue weighted by atomic mass is 9.95. The summed E-state index contributed by atoms with van der Waals surface area (Å²) in [4.78, 5) is 21.2. The number of halogens is 1. The van der Waals surface area contributed by atoms with Crippen molar-refractivity contribution in [2.45, 2.75) is 52.5 Å². The van der Waals surface area contributed by atoms with Crippen molar-refractivity contribution in [1.82, 2.24) is 24.4 Å². The highest BCUT2D eigenvalue weighted by Crippen LogP contribution is 2.34. The molecule has 1 aliphatic rings. The van der Waals surface area contributed by atoms with Gasteiger partial charge in [0.05, 0.1) is 17.8 Å². The molecule has 0 spiro atoms. The van der Waals surface area contributed by atoms with E-state index in [0.29, 0.717) is 13.0 Å². The lowest BCUT2D eigenvalue weighted by Gasteiger charge is -2.32. The average molecular weight is 543 g/mol. The molecule has 0 aliphatic carbocycles. The van der Waals surface area contributed by atoms with E-state index >= 15 is 0 Å². The smallest absolute Gasteiger partial charge is 0.305 e. The summed E-state index contributed by atoms with van der Waals surface area (Å²) in [5, 5.41) is 5.21. The molecule has 0 aromatic carbocycles. The number of esters is 1. The maximum Gasteiger partial charge on any atom is 0.305 e. The molecule has 7 nitrogen and oxygen atoms in total. The molecule has 1 aliphatic heterocycles. The van der Waals surface area contributed by atoms with E-state index < -0.39 is 0 Å². The van der Waals surface area contributed by atoms with Crippen molar-refractivity contribution < 1.29 is 9.53 Å². The van der Waals surface area contributed by atoms with Crippen LogP contribution < -0.4 is 0 Å². The number of unbranched alkanes of at least 4 members (excludes halogenated alkanes) is 1. The first-order chi connectivity index (χ1) is 17.0. The van der Waals surface area contributed by atoms with E-state index in [1.54, 1.807) is 0 Å². The lowest BCUT2D eigenvalue weighted by molar-refractivity contribution is -0.143. The number of rotatable bonds is 10. The van der Waals surface area contributed by atoms with Gasteiger partial charge >= 0.3 is 5.97 Å². The Hall–Kier alpha value is -2.29. The number of ether oxygens (including phenoxy) is 1.